The van der Waals surface area contributed by atoms with Crippen LogP contribution >= 0.6 is 0 Å². The molecular weight excluding hydrogens is 376 g/mol. The first kappa shape index (κ1) is 20.8. The lowest BCUT2D eigenvalue weighted by molar-refractivity contribution is -0.954. The van der Waals surface area contributed by atoms with Gasteiger partial charge in [-0.2, -0.15) is 0 Å². The minimum atomic E-state index is -3.58. The largest absolute Gasteiger partial charge is 0.457 e. The standard InChI is InChI=1S/C21H28N2O4S/c1-17-4-6-18(7-5-17)27-19-8-10-20(11-9-19)28(24,25)22-16-21(2,3)23-12-14-26-15-13-23/h4-11,22H,12-16H2,1-3H3/p+1. The van der Waals surface area contributed by atoms with Crippen molar-refractivity contribution in [3.05, 3.63) is 54.1 Å². The molecule has 0 aliphatic carbocycles. The molecule has 1 aliphatic heterocycles. The van der Waals surface area contributed by atoms with Gasteiger partial charge in [0.15, 0.2) is 0 Å². The normalized spacial score (nSPS) is 16.1. The van der Waals surface area contributed by atoms with Gasteiger partial charge in [-0.25, -0.2) is 13.1 Å². The zero-order valence-corrected chi connectivity index (χ0v) is 17.5. The molecule has 0 aromatic heterocycles. The van der Waals surface area contributed by atoms with Crippen molar-refractivity contribution in [2.24, 2.45) is 0 Å². The van der Waals surface area contributed by atoms with Crippen molar-refractivity contribution in [3.8, 4) is 11.5 Å². The fourth-order valence-electron chi connectivity index (χ4n) is 3.21. The number of quaternary nitrogens is 1. The predicted octanol–water partition coefficient (Wildman–Crippen LogP) is 1.76. The van der Waals surface area contributed by atoms with Gasteiger partial charge in [0.1, 0.15) is 30.1 Å². The fraction of sp³-hybridized carbons (Fsp3) is 0.429. The van der Waals surface area contributed by atoms with E-state index in [0.717, 1.165) is 24.4 Å². The first-order valence-corrected chi connectivity index (χ1v) is 11.0. The third kappa shape index (κ3) is 5.32. The fourth-order valence-corrected chi connectivity index (χ4v) is 4.42. The average Bonchev–Trinajstić information content (AvgIpc) is 2.70. The molecule has 1 aliphatic rings. The smallest absolute Gasteiger partial charge is 0.240 e. The minimum absolute atomic E-state index is 0.203. The summed E-state index contributed by atoms with van der Waals surface area (Å²) in [5, 5.41) is 0. The van der Waals surface area contributed by atoms with E-state index in [2.05, 4.69) is 18.6 Å². The highest BCUT2D eigenvalue weighted by Gasteiger charge is 2.33. The summed E-state index contributed by atoms with van der Waals surface area (Å²) in [6.07, 6.45) is 0. The van der Waals surface area contributed by atoms with Gasteiger partial charge in [0.25, 0.3) is 0 Å². The summed E-state index contributed by atoms with van der Waals surface area (Å²) in [4.78, 5) is 1.58. The monoisotopic (exact) mass is 405 g/mol. The van der Waals surface area contributed by atoms with Crippen molar-refractivity contribution in [1.82, 2.24) is 4.72 Å². The lowest BCUT2D eigenvalue weighted by Crippen LogP contribution is -3.22. The van der Waals surface area contributed by atoms with Crippen LogP contribution in [0.4, 0.5) is 0 Å². The van der Waals surface area contributed by atoms with Crippen LogP contribution in [0.5, 0.6) is 11.5 Å². The molecule has 0 bridgehead atoms. The Bertz CT molecular complexity index is 872. The Hall–Kier alpha value is -1.93. The van der Waals surface area contributed by atoms with Gasteiger partial charge in [-0.15, -0.1) is 0 Å². The summed E-state index contributed by atoms with van der Waals surface area (Å²) in [5.41, 5.74) is 0.951. The van der Waals surface area contributed by atoms with Gasteiger partial charge in [0.05, 0.1) is 24.7 Å². The maximum Gasteiger partial charge on any atom is 0.240 e. The van der Waals surface area contributed by atoms with E-state index in [0.29, 0.717) is 25.5 Å². The van der Waals surface area contributed by atoms with E-state index < -0.39 is 10.0 Å². The first-order valence-electron chi connectivity index (χ1n) is 9.53. The molecule has 1 heterocycles. The van der Waals surface area contributed by atoms with Crippen molar-refractivity contribution in [1.29, 1.82) is 0 Å². The Labute approximate surface area is 167 Å². The summed E-state index contributed by atoms with van der Waals surface area (Å²) in [5.74, 6) is 1.32. The molecule has 0 saturated carbocycles. The Balaban J connectivity index is 1.62. The van der Waals surface area contributed by atoms with Crippen LogP contribution < -0.4 is 14.4 Å². The second-order valence-electron chi connectivity index (χ2n) is 7.81. The number of morpholine rings is 1. The molecule has 7 heteroatoms. The summed E-state index contributed by atoms with van der Waals surface area (Å²) in [7, 11) is -3.58. The van der Waals surface area contributed by atoms with E-state index in [1.165, 1.54) is 4.90 Å². The van der Waals surface area contributed by atoms with E-state index in [1.807, 2.05) is 31.2 Å². The second kappa shape index (κ2) is 8.61. The van der Waals surface area contributed by atoms with Crippen LogP contribution in [0, 0.1) is 6.92 Å². The van der Waals surface area contributed by atoms with Crippen molar-refractivity contribution in [2.75, 3.05) is 32.8 Å². The zero-order valence-electron chi connectivity index (χ0n) is 16.7. The van der Waals surface area contributed by atoms with E-state index in [-0.39, 0.29) is 10.4 Å². The lowest BCUT2D eigenvalue weighted by atomic mass is 10.0. The van der Waals surface area contributed by atoms with Gasteiger partial charge in [0, 0.05) is 0 Å². The Morgan fingerprint density at radius 1 is 1.00 bits per heavy atom. The number of sulfonamides is 1. The van der Waals surface area contributed by atoms with E-state index in [4.69, 9.17) is 9.47 Å². The molecule has 6 nitrogen and oxygen atoms in total. The minimum Gasteiger partial charge on any atom is -0.457 e. The van der Waals surface area contributed by atoms with Crippen LogP contribution in [0.1, 0.15) is 19.4 Å². The third-order valence-electron chi connectivity index (χ3n) is 5.15. The first-order chi connectivity index (χ1) is 13.3. The molecule has 0 unspecified atom stereocenters. The molecule has 2 aromatic rings. The highest BCUT2D eigenvalue weighted by atomic mass is 32.2. The zero-order chi connectivity index (χ0) is 20.2. The van der Waals surface area contributed by atoms with Crippen molar-refractivity contribution >= 4 is 10.0 Å². The third-order valence-corrected chi connectivity index (χ3v) is 6.57. The quantitative estimate of drug-likeness (QED) is 0.737. The van der Waals surface area contributed by atoms with Gasteiger partial charge < -0.3 is 14.4 Å². The summed E-state index contributed by atoms with van der Waals surface area (Å²) in [6.45, 7) is 9.75. The average molecular weight is 406 g/mol. The van der Waals surface area contributed by atoms with Gasteiger partial charge >= 0.3 is 0 Å². The van der Waals surface area contributed by atoms with Gasteiger partial charge in [-0.3, -0.25) is 0 Å². The number of aryl methyl sites for hydroxylation is 1. The highest BCUT2D eigenvalue weighted by molar-refractivity contribution is 7.89. The molecule has 0 amide bonds. The van der Waals surface area contributed by atoms with Gasteiger partial charge in [0.2, 0.25) is 10.0 Å². The van der Waals surface area contributed by atoms with Gasteiger partial charge in [-0.05, 0) is 57.2 Å². The van der Waals surface area contributed by atoms with Crippen LogP contribution in [0.25, 0.3) is 0 Å². The summed E-state index contributed by atoms with van der Waals surface area (Å²) in [6, 6.07) is 14.2. The van der Waals surface area contributed by atoms with E-state index in [9.17, 15) is 8.42 Å². The van der Waals surface area contributed by atoms with Crippen LogP contribution in [-0.2, 0) is 14.8 Å². The number of hydrogen-bond acceptors (Lipinski definition) is 4. The molecule has 2 N–H and O–H groups in total. The van der Waals surface area contributed by atoms with Crippen molar-refractivity contribution < 1.29 is 22.8 Å². The molecule has 28 heavy (non-hydrogen) atoms. The van der Waals surface area contributed by atoms with Gasteiger partial charge in [-0.1, -0.05) is 17.7 Å². The topological polar surface area (TPSA) is 69.1 Å². The molecule has 0 atom stereocenters. The molecular formula is C21H29N2O4S+. The van der Waals surface area contributed by atoms with Crippen LogP contribution in [-0.4, -0.2) is 46.8 Å². The molecule has 0 spiro atoms. The Kier molecular flexibility index (Phi) is 6.40. The summed E-state index contributed by atoms with van der Waals surface area (Å²) < 4.78 is 39.3. The Morgan fingerprint density at radius 3 is 2.11 bits per heavy atom. The van der Waals surface area contributed by atoms with E-state index in [1.54, 1.807) is 24.3 Å². The molecule has 152 valence electrons. The van der Waals surface area contributed by atoms with Crippen molar-refractivity contribution in [2.45, 2.75) is 31.2 Å². The predicted molar refractivity (Wildman–Crippen MR) is 108 cm³/mol. The lowest BCUT2D eigenvalue weighted by Gasteiger charge is -2.37. The van der Waals surface area contributed by atoms with Crippen molar-refractivity contribution in [3.63, 3.8) is 0 Å². The van der Waals surface area contributed by atoms with Crippen LogP contribution in [0.3, 0.4) is 0 Å². The SMILES string of the molecule is Cc1ccc(Oc2ccc(S(=O)(=O)NCC(C)(C)[NH+]3CCOCC3)cc2)cc1. The maximum atomic E-state index is 12.7. The molecule has 3 rings (SSSR count). The molecule has 1 fully saturated rings. The van der Waals surface area contributed by atoms with Crippen LogP contribution in [0.2, 0.25) is 0 Å². The molecule has 2 aromatic carbocycles. The van der Waals surface area contributed by atoms with Crippen LogP contribution in [0.15, 0.2) is 53.4 Å². The highest BCUT2D eigenvalue weighted by Crippen LogP contribution is 2.23. The summed E-state index contributed by atoms with van der Waals surface area (Å²) >= 11 is 0. The Morgan fingerprint density at radius 2 is 1.54 bits per heavy atom. The number of hydrogen-bond donors (Lipinski definition) is 2. The number of nitrogens with one attached hydrogen (secondary N) is 2. The second-order valence-corrected chi connectivity index (χ2v) is 9.58. The number of ether oxygens (including phenoxy) is 2. The number of benzene rings is 2. The van der Waals surface area contributed by atoms with E-state index >= 15 is 0 Å². The molecule has 0 radical (unpaired) electrons. The number of rotatable bonds is 7. The maximum absolute atomic E-state index is 12.7. The molecule has 1 saturated heterocycles.